The van der Waals surface area contributed by atoms with Crippen LogP contribution in [-0.4, -0.2) is 19.3 Å². The van der Waals surface area contributed by atoms with Crippen molar-refractivity contribution >= 4 is 0 Å². The predicted octanol–water partition coefficient (Wildman–Crippen LogP) is 3.05. The number of benzene rings is 1. The molecule has 1 N–H and O–H groups in total. The summed E-state index contributed by atoms with van der Waals surface area (Å²) in [6.45, 7) is 2.96. The zero-order valence-electron chi connectivity index (χ0n) is 10.5. The van der Waals surface area contributed by atoms with Crippen molar-refractivity contribution < 1.29 is 9.13 Å². The first-order valence-corrected chi connectivity index (χ1v) is 6.26. The molecule has 1 fully saturated rings. The number of rotatable bonds is 5. The van der Waals surface area contributed by atoms with Gasteiger partial charge in [0.1, 0.15) is 5.82 Å². The van der Waals surface area contributed by atoms with E-state index in [4.69, 9.17) is 4.74 Å². The normalized spacial score (nSPS) is 19.7. The summed E-state index contributed by atoms with van der Waals surface area (Å²) in [5.74, 6) is -0.191. The van der Waals surface area contributed by atoms with Crippen LogP contribution in [0.25, 0.3) is 0 Å². The molecule has 1 aliphatic carbocycles. The first-order chi connectivity index (χ1) is 8.22. The summed E-state index contributed by atoms with van der Waals surface area (Å²) in [7, 11) is 1.77. The molecule has 2 rings (SSSR count). The maximum Gasteiger partial charge on any atom is 0.123 e. The van der Waals surface area contributed by atoms with Crippen LogP contribution in [0.15, 0.2) is 24.3 Å². The lowest BCUT2D eigenvalue weighted by molar-refractivity contribution is -0.0995. The summed E-state index contributed by atoms with van der Waals surface area (Å²) in [6, 6.07) is 6.89. The minimum atomic E-state index is -0.191. The van der Waals surface area contributed by atoms with Gasteiger partial charge in [-0.15, -0.1) is 0 Å². The van der Waals surface area contributed by atoms with Gasteiger partial charge in [0.05, 0.1) is 11.6 Å². The molecule has 3 heteroatoms. The Kier molecular flexibility index (Phi) is 3.79. The molecular weight excluding hydrogens is 217 g/mol. The molecule has 0 radical (unpaired) electrons. The van der Waals surface area contributed by atoms with Crippen LogP contribution in [0.1, 0.15) is 37.8 Å². The maximum atomic E-state index is 13.0. The molecule has 0 heterocycles. The number of methoxy groups -OCH3 is 1. The quantitative estimate of drug-likeness (QED) is 0.850. The van der Waals surface area contributed by atoms with Crippen LogP contribution in [0.3, 0.4) is 0 Å². The van der Waals surface area contributed by atoms with Crippen molar-refractivity contribution in [1.82, 2.24) is 5.32 Å². The molecule has 2 nitrogen and oxygen atoms in total. The van der Waals surface area contributed by atoms with Crippen LogP contribution in [0, 0.1) is 5.82 Å². The maximum absolute atomic E-state index is 13.0. The van der Waals surface area contributed by atoms with Gasteiger partial charge < -0.3 is 10.1 Å². The number of halogens is 1. The third-order valence-corrected chi connectivity index (χ3v) is 3.74. The summed E-state index contributed by atoms with van der Waals surface area (Å²) in [4.78, 5) is 0. The van der Waals surface area contributed by atoms with Gasteiger partial charge >= 0.3 is 0 Å². The Balaban J connectivity index is 2.25. The van der Waals surface area contributed by atoms with Crippen molar-refractivity contribution in [3.05, 3.63) is 35.6 Å². The molecule has 0 bridgehead atoms. The van der Waals surface area contributed by atoms with Crippen molar-refractivity contribution in [2.75, 3.05) is 13.7 Å². The van der Waals surface area contributed by atoms with Gasteiger partial charge in [-0.2, -0.15) is 0 Å². The second-order valence-electron chi connectivity index (χ2n) is 4.66. The number of hydrogen-bond acceptors (Lipinski definition) is 2. The molecule has 1 aromatic carbocycles. The highest BCUT2D eigenvalue weighted by Gasteiger charge is 2.44. The van der Waals surface area contributed by atoms with Crippen LogP contribution in [0.2, 0.25) is 0 Å². The largest absolute Gasteiger partial charge is 0.376 e. The Labute approximate surface area is 102 Å². The van der Waals surface area contributed by atoms with E-state index in [1.807, 2.05) is 12.1 Å². The monoisotopic (exact) mass is 237 g/mol. The molecule has 1 saturated carbocycles. The Bertz CT molecular complexity index is 353. The van der Waals surface area contributed by atoms with Gasteiger partial charge in [0.25, 0.3) is 0 Å². The first kappa shape index (κ1) is 12.5. The standard InChI is InChI=1S/C14H20FNO/c1-3-16-13(14(17-2)9-4-10-14)11-5-7-12(15)8-6-11/h5-8,13,16H,3-4,9-10H2,1-2H3. The molecule has 1 atom stereocenters. The second kappa shape index (κ2) is 5.15. The lowest BCUT2D eigenvalue weighted by Crippen LogP contribution is -2.50. The Morgan fingerprint density at radius 1 is 1.35 bits per heavy atom. The van der Waals surface area contributed by atoms with E-state index in [1.165, 1.54) is 18.6 Å². The average Bonchev–Trinajstić information content (AvgIpc) is 2.28. The fraction of sp³-hybridized carbons (Fsp3) is 0.571. The van der Waals surface area contributed by atoms with Crippen LogP contribution in [0.5, 0.6) is 0 Å². The molecule has 0 spiro atoms. The summed E-state index contributed by atoms with van der Waals surface area (Å²) in [5.41, 5.74) is 1.00. The van der Waals surface area contributed by atoms with Crippen LogP contribution < -0.4 is 5.32 Å². The minimum absolute atomic E-state index is 0.103. The van der Waals surface area contributed by atoms with Crippen LogP contribution >= 0.6 is 0 Å². The third kappa shape index (κ3) is 2.35. The molecule has 0 amide bonds. The molecule has 0 aliphatic heterocycles. The number of likely N-dealkylation sites (N-methyl/N-ethyl adjacent to an activating group) is 1. The molecule has 17 heavy (non-hydrogen) atoms. The second-order valence-corrected chi connectivity index (χ2v) is 4.66. The minimum Gasteiger partial charge on any atom is -0.376 e. The van der Waals surface area contributed by atoms with E-state index in [2.05, 4.69) is 12.2 Å². The van der Waals surface area contributed by atoms with Crippen molar-refractivity contribution in [3.63, 3.8) is 0 Å². The first-order valence-electron chi connectivity index (χ1n) is 6.26. The summed E-state index contributed by atoms with van der Waals surface area (Å²) in [5, 5.41) is 3.46. The third-order valence-electron chi connectivity index (χ3n) is 3.74. The van der Waals surface area contributed by atoms with Gasteiger partial charge in [0.15, 0.2) is 0 Å². The fourth-order valence-electron chi connectivity index (χ4n) is 2.60. The van der Waals surface area contributed by atoms with E-state index in [1.54, 1.807) is 7.11 Å². The highest BCUT2D eigenvalue weighted by molar-refractivity contribution is 5.24. The SMILES string of the molecule is CCNC(c1ccc(F)cc1)C1(OC)CCC1. The highest BCUT2D eigenvalue weighted by atomic mass is 19.1. The lowest BCUT2D eigenvalue weighted by Gasteiger charge is -2.47. The molecule has 0 saturated heterocycles. The zero-order valence-corrected chi connectivity index (χ0v) is 10.5. The van der Waals surface area contributed by atoms with Gasteiger partial charge in [-0.25, -0.2) is 4.39 Å². The van der Waals surface area contributed by atoms with Crippen molar-refractivity contribution in [3.8, 4) is 0 Å². The van der Waals surface area contributed by atoms with E-state index < -0.39 is 0 Å². The van der Waals surface area contributed by atoms with Crippen LogP contribution in [0.4, 0.5) is 4.39 Å². The Hall–Kier alpha value is -0.930. The van der Waals surface area contributed by atoms with E-state index >= 15 is 0 Å². The van der Waals surface area contributed by atoms with Crippen molar-refractivity contribution in [2.24, 2.45) is 0 Å². The average molecular weight is 237 g/mol. The molecule has 0 aromatic heterocycles. The van der Waals surface area contributed by atoms with E-state index in [0.717, 1.165) is 24.9 Å². The van der Waals surface area contributed by atoms with E-state index in [-0.39, 0.29) is 17.5 Å². The van der Waals surface area contributed by atoms with Gasteiger partial charge in [-0.3, -0.25) is 0 Å². The van der Waals surface area contributed by atoms with Crippen molar-refractivity contribution in [1.29, 1.82) is 0 Å². The van der Waals surface area contributed by atoms with Gasteiger partial charge in [-0.05, 0) is 43.5 Å². The lowest BCUT2D eigenvalue weighted by atomic mass is 9.72. The van der Waals surface area contributed by atoms with Crippen molar-refractivity contribution in [2.45, 2.75) is 37.8 Å². The van der Waals surface area contributed by atoms with Crippen LogP contribution in [-0.2, 0) is 4.74 Å². The summed E-state index contributed by atoms with van der Waals surface area (Å²) >= 11 is 0. The summed E-state index contributed by atoms with van der Waals surface area (Å²) in [6.07, 6.45) is 3.34. The predicted molar refractivity (Wildman–Crippen MR) is 66.4 cm³/mol. The van der Waals surface area contributed by atoms with Gasteiger partial charge in [0.2, 0.25) is 0 Å². The van der Waals surface area contributed by atoms with E-state index in [0.29, 0.717) is 0 Å². The number of nitrogens with one attached hydrogen (secondary N) is 1. The molecule has 1 aliphatic rings. The molecule has 94 valence electrons. The highest BCUT2D eigenvalue weighted by Crippen LogP contribution is 2.44. The summed E-state index contributed by atoms with van der Waals surface area (Å²) < 4.78 is 18.7. The fourth-order valence-corrected chi connectivity index (χ4v) is 2.60. The zero-order chi connectivity index (χ0) is 12.3. The topological polar surface area (TPSA) is 21.3 Å². The molecular formula is C14H20FNO. The Morgan fingerprint density at radius 2 is 2.00 bits per heavy atom. The smallest absolute Gasteiger partial charge is 0.123 e. The van der Waals surface area contributed by atoms with Gasteiger partial charge in [-0.1, -0.05) is 19.1 Å². The number of hydrogen-bond donors (Lipinski definition) is 1. The molecule has 1 aromatic rings. The molecule has 1 unspecified atom stereocenters. The van der Waals surface area contributed by atoms with Gasteiger partial charge in [0, 0.05) is 7.11 Å². The van der Waals surface area contributed by atoms with E-state index in [9.17, 15) is 4.39 Å². The Morgan fingerprint density at radius 3 is 2.41 bits per heavy atom. The number of ether oxygens (including phenoxy) is 1.